The summed E-state index contributed by atoms with van der Waals surface area (Å²) in [5.74, 6) is 0.771. The maximum atomic E-state index is 14.2. The minimum atomic E-state index is -0.146. The van der Waals surface area contributed by atoms with Crippen LogP contribution in [0.3, 0.4) is 0 Å². The first kappa shape index (κ1) is 13.5. The van der Waals surface area contributed by atoms with Crippen molar-refractivity contribution in [1.29, 1.82) is 0 Å². The second-order valence-electron chi connectivity index (χ2n) is 5.46. The van der Waals surface area contributed by atoms with E-state index in [9.17, 15) is 4.39 Å². The molecule has 1 saturated heterocycles. The van der Waals surface area contributed by atoms with Crippen molar-refractivity contribution in [2.75, 3.05) is 46.3 Å². The van der Waals surface area contributed by atoms with Gasteiger partial charge in [0, 0.05) is 38.3 Å². The van der Waals surface area contributed by atoms with E-state index in [-0.39, 0.29) is 11.9 Å². The van der Waals surface area contributed by atoms with Crippen LogP contribution in [0.4, 0.5) is 4.39 Å². The van der Waals surface area contributed by atoms with Crippen molar-refractivity contribution in [3.05, 3.63) is 35.6 Å². The van der Waals surface area contributed by atoms with Gasteiger partial charge in [0.25, 0.3) is 0 Å². The normalized spacial score (nSPS) is 22.4. The molecule has 5 heteroatoms. The zero-order valence-corrected chi connectivity index (χ0v) is 11.8. The van der Waals surface area contributed by atoms with Crippen LogP contribution in [0.25, 0.3) is 0 Å². The molecule has 0 aliphatic carbocycles. The number of hydrogen-bond donors (Lipinski definition) is 1. The summed E-state index contributed by atoms with van der Waals surface area (Å²) in [6.45, 7) is 5.55. The molecule has 20 heavy (non-hydrogen) atoms. The average molecular weight is 276 g/mol. The number of halogens is 1. The summed E-state index contributed by atoms with van der Waals surface area (Å²) in [6.07, 6.45) is 0. The molecule has 1 aromatic rings. The Labute approximate surface area is 119 Å². The number of hydrogen-bond acceptors (Lipinski definition) is 4. The first-order valence-electron chi connectivity index (χ1n) is 7.21. The van der Waals surface area contributed by atoms with Crippen molar-refractivity contribution in [2.45, 2.75) is 6.04 Å². The summed E-state index contributed by atoms with van der Waals surface area (Å²) in [5, 5.41) is 3.32. The van der Waals surface area contributed by atoms with Gasteiger partial charge in [0.05, 0.1) is 12.6 Å². The minimum Gasteiger partial charge on any atom is -0.370 e. The molecule has 0 amide bonds. The second kappa shape index (κ2) is 5.89. The number of nitrogens with zero attached hydrogens (tertiary/aromatic N) is 3. The third-order valence-electron chi connectivity index (χ3n) is 4.06. The third kappa shape index (κ3) is 2.69. The van der Waals surface area contributed by atoms with Crippen LogP contribution in [-0.2, 0) is 0 Å². The van der Waals surface area contributed by atoms with E-state index < -0.39 is 0 Å². The van der Waals surface area contributed by atoms with Crippen LogP contribution in [0.5, 0.6) is 0 Å². The lowest BCUT2D eigenvalue weighted by molar-refractivity contribution is 0.134. The molecule has 0 radical (unpaired) electrons. The Bertz CT molecular complexity index is 494. The van der Waals surface area contributed by atoms with E-state index in [2.05, 4.69) is 27.2 Å². The van der Waals surface area contributed by atoms with Gasteiger partial charge in [0.2, 0.25) is 0 Å². The average Bonchev–Trinajstić information content (AvgIpc) is 2.97. The largest absolute Gasteiger partial charge is 0.370 e. The van der Waals surface area contributed by atoms with Crippen LogP contribution in [0, 0.1) is 5.82 Å². The number of likely N-dealkylation sites (N-methyl/N-ethyl adjacent to an activating group) is 1. The predicted octanol–water partition coefficient (Wildman–Crippen LogP) is 1.12. The Hall–Kier alpha value is -1.46. The summed E-state index contributed by atoms with van der Waals surface area (Å²) in [7, 11) is 2.13. The molecular weight excluding hydrogens is 255 g/mol. The fourth-order valence-corrected chi connectivity index (χ4v) is 2.89. The maximum absolute atomic E-state index is 14.2. The van der Waals surface area contributed by atoms with E-state index in [1.807, 2.05) is 12.1 Å². The minimum absolute atomic E-state index is 0.0765. The summed E-state index contributed by atoms with van der Waals surface area (Å²) in [5.41, 5.74) is 0.727. The molecule has 0 aromatic heterocycles. The second-order valence-corrected chi connectivity index (χ2v) is 5.46. The van der Waals surface area contributed by atoms with Crippen LogP contribution >= 0.6 is 0 Å². The van der Waals surface area contributed by atoms with E-state index in [0.717, 1.165) is 50.7 Å². The molecule has 0 saturated carbocycles. The molecule has 1 atom stereocenters. The van der Waals surface area contributed by atoms with Crippen LogP contribution in [0.2, 0.25) is 0 Å². The number of rotatable bonds is 3. The lowest BCUT2D eigenvalue weighted by atomic mass is 10.0. The topological polar surface area (TPSA) is 30.9 Å². The van der Waals surface area contributed by atoms with E-state index >= 15 is 0 Å². The standard InChI is InChI=1S/C15H21FN4/c1-19-8-10-20(11-9-19)14(15-17-6-7-18-15)12-4-2-3-5-13(12)16/h2-5,14H,6-11H2,1H3,(H,17,18). The van der Waals surface area contributed by atoms with E-state index in [1.54, 1.807) is 6.07 Å². The fraction of sp³-hybridized carbons (Fsp3) is 0.533. The summed E-state index contributed by atoms with van der Waals surface area (Å²) in [6, 6.07) is 6.97. The van der Waals surface area contributed by atoms with Gasteiger partial charge in [0.15, 0.2) is 0 Å². The van der Waals surface area contributed by atoms with Gasteiger partial charge in [0.1, 0.15) is 11.7 Å². The molecule has 1 aromatic carbocycles. The SMILES string of the molecule is CN1CCN(C(C2=NCCN2)c2ccccc2F)CC1. The van der Waals surface area contributed by atoms with Gasteiger partial charge in [-0.1, -0.05) is 18.2 Å². The molecule has 1 N–H and O–H groups in total. The summed E-state index contributed by atoms with van der Waals surface area (Å²) in [4.78, 5) is 9.16. The number of nitrogens with one attached hydrogen (secondary N) is 1. The highest BCUT2D eigenvalue weighted by Crippen LogP contribution is 2.26. The number of benzene rings is 1. The third-order valence-corrected chi connectivity index (χ3v) is 4.06. The Morgan fingerprint density at radius 3 is 2.60 bits per heavy atom. The van der Waals surface area contributed by atoms with Crippen LogP contribution in [0.15, 0.2) is 29.3 Å². The fourth-order valence-electron chi connectivity index (χ4n) is 2.89. The van der Waals surface area contributed by atoms with Gasteiger partial charge < -0.3 is 10.2 Å². The number of piperazine rings is 1. The Morgan fingerprint density at radius 1 is 1.20 bits per heavy atom. The highest BCUT2D eigenvalue weighted by Gasteiger charge is 2.30. The lowest BCUT2D eigenvalue weighted by Crippen LogP contribution is -2.49. The number of amidine groups is 1. The molecule has 2 aliphatic rings. The monoisotopic (exact) mass is 276 g/mol. The zero-order valence-electron chi connectivity index (χ0n) is 11.8. The van der Waals surface area contributed by atoms with Crippen LogP contribution in [-0.4, -0.2) is 62.0 Å². The zero-order chi connectivity index (χ0) is 13.9. The van der Waals surface area contributed by atoms with E-state index in [0.29, 0.717) is 0 Å². The molecule has 4 nitrogen and oxygen atoms in total. The highest BCUT2D eigenvalue weighted by atomic mass is 19.1. The van der Waals surface area contributed by atoms with Gasteiger partial charge in [-0.05, 0) is 13.1 Å². The molecular formula is C15H21FN4. The quantitative estimate of drug-likeness (QED) is 0.897. The van der Waals surface area contributed by atoms with E-state index in [1.165, 1.54) is 6.07 Å². The van der Waals surface area contributed by atoms with Crippen molar-refractivity contribution in [3.8, 4) is 0 Å². The molecule has 1 unspecified atom stereocenters. The highest BCUT2D eigenvalue weighted by molar-refractivity contribution is 5.89. The molecule has 2 aliphatic heterocycles. The first-order valence-corrected chi connectivity index (χ1v) is 7.21. The summed E-state index contributed by atoms with van der Waals surface area (Å²) < 4.78 is 14.2. The smallest absolute Gasteiger partial charge is 0.128 e. The Balaban J connectivity index is 1.90. The van der Waals surface area contributed by atoms with Crippen LogP contribution in [0.1, 0.15) is 11.6 Å². The summed E-state index contributed by atoms with van der Waals surface area (Å²) >= 11 is 0. The first-order chi connectivity index (χ1) is 9.75. The van der Waals surface area contributed by atoms with Gasteiger partial charge in [-0.3, -0.25) is 9.89 Å². The number of aliphatic imine (C=N–C) groups is 1. The predicted molar refractivity (Wildman–Crippen MR) is 78.5 cm³/mol. The van der Waals surface area contributed by atoms with Crippen LogP contribution < -0.4 is 5.32 Å². The molecule has 1 fully saturated rings. The van der Waals surface area contributed by atoms with Crippen molar-refractivity contribution in [3.63, 3.8) is 0 Å². The molecule has 0 spiro atoms. The lowest BCUT2D eigenvalue weighted by Gasteiger charge is -2.38. The molecule has 108 valence electrons. The van der Waals surface area contributed by atoms with Crippen molar-refractivity contribution < 1.29 is 4.39 Å². The maximum Gasteiger partial charge on any atom is 0.128 e. The molecule has 2 heterocycles. The van der Waals surface area contributed by atoms with E-state index in [4.69, 9.17) is 0 Å². The van der Waals surface area contributed by atoms with Gasteiger partial charge in [-0.25, -0.2) is 4.39 Å². The molecule has 0 bridgehead atoms. The Kier molecular flexibility index (Phi) is 3.98. The van der Waals surface area contributed by atoms with Crippen molar-refractivity contribution in [1.82, 2.24) is 15.1 Å². The Morgan fingerprint density at radius 2 is 1.95 bits per heavy atom. The molecule has 3 rings (SSSR count). The van der Waals surface area contributed by atoms with Gasteiger partial charge in [-0.2, -0.15) is 0 Å². The van der Waals surface area contributed by atoms with Crippen molar-refractivity contribution >= 4 is 5.84 Å². The van der Waals surface area contributed by atoms with Crippen molar-refractivity contribution in [2.24, 2.45) is 4.99 Å². The van der Waals surface area contributed by atoms with Gasteiger partial charge in [-0.15, -0.1) is 0 Å². The van der Waals surface area contributed by atoms with Gasteiger partial charge >= 0.3 is 0 Å².